The molecule has 2 heterocycles. The minimum atomic E-state index is -0.524. The molecule has 0 amide bonds. The minimum Gasteiger partial charge on any atom is -0.380 e. The molecule has 0 bridgehead atoms. The number of hydrogen-bond donors (Lipinski definition) is 1. The number of hydrogen-bond acceptors (Lipinski definition) is 5. The minimum absolute atomic E-state index is 0.0273. The van der Waals surface area contributed by atoms with Gasteiger partial charge in [0.15, 0.2) is 11.6 Å². The molecule has 3 rings (SSSR count). The standard InChI is InChI=1S/C13H8ClFN4O/c14-7-3-1-4-8(15)9(7)10-11(20-19-12(10)16)13-17-5-2-6-18-13/h1-6H,(H2,16,19). The molecular weight excluding hydrogens is 283 g/mol. The van der Waals surface area contributed by atoms with E-state index >= 15 is 0 Å². The van der Waals surface area contributed by atoms with Gasteiger partial charge in [0.05, 0.1) is 10.6 Å². The van der Waals surface area contributed by atoms with Gasteiger partial charge < -0.3 is 10.3 Å². The second kappa shape index (κ2) is 4.90. The normalized spacial score (nSPS) is 10.7. The monoisotopic (exact) mass is 290 g/mol. The number of aromatic nitrogens is 3. The van der Waals surface area contributed by atoms with Crippen molar-refractivity contribution in [2.45, 2.75) is 0 Å². The van der Waals surface area contributed by atoms with Gasteiger partial charge >= 0.3 is 0 Å². The molecular formula is C13H8ClFN4O. The molecule has 0 atom stereocenters. The first-order valence-electron chi connectivity index (χ1n) is 5.65. The third-order valence-electron chi connectivity index (χ3n) is 2.70. The fourth-order valence-corrected chi connectivity index (χ4v) is 2.11. The van der Waals surface area contributed by atoms with Crippen LogP contribution < -0.4 is 5.73 Å². The molecule has 0 aliphatic rings. The zero-order valence-electron chi connectivity index (χ0n) is 10.0. The highest BCUT2D eigenvalue weighted by Crippen LogP contribution is 2.39. The molecule has 7 heteroatoms. The van der Waals surface area contributed by atoms with Crippen LogP contribution in [0, 0.1) is 5.82 Å². The molecule has 0 saturated carbocycles. The van der Waals surface area contributed by atoms with E-state index in [9.17, 15) is 4.39 Å². The predicted octanol–water partition coefficient (Wildman–Crippen LogP) is 3.17. The average molecular weight is 291 g/mol. The quantitative estimate of drug-likeness (QED) is 0.784. The maximum Gasteiger partial charge on any atom is 0.214 e. The van der Waals surface area contributed by atoms with E-state index in [2.05, 4.69) is 15.1 Å². The van der Waals surface area contributed by atoms with E-state index in [1.165, 1.54) is 24.5 Å². The summed E-state index contributed by atoms with van der Waals surface area (Å²) in [6.07, 6.45) is 3.07. The SMILES string of the molecule is Nc1noc(-c2ncccn2)c1-c1c(F)cccc1Cl. The topological polar surface area (TPSA) is 77.8 Å². The Kier molecular flexibility index (Phi) is 3.08. The fraction of sp³-hybridized carbons (Fsp3) is 0. The van der Waals surface area contributed by atoms with Crippen LogP contribution in [0.2, 0.25) is 5.02 Å². The highest BCUT2D eigenvalue weighted by Gasteiger charge is 2.24. The van der Waals surface area contributed by atoms with Crippen molar-refractivity contribution >= 4 is 17.4 Å². The van der Waals surface area contributed by atoms with Crippen LogP contribution in [0.1, 0.15) is 0 Å². The van der Waals surface area contributed by atoms with Gasteiger partial charge in [-0.05, 0) is 18.2 Å². The summed E-state index contributed by atoms with van der Waals surface area (Å²) in [5, 5.41) is 3.85. The van der Waals surface area contributed by atoms with Gasteiger partial charge in [0.1, 0.15) is 5.82 Å². The Balaban J connectivity index is 2.28. The number of nitrogen functional groups attached to an aromatic ring is 1. The summed E-state index contributed by atoms with van der Waals surface area (Å²) in [5.74, 6) is -0.0647. The first kappa shape index (κ1) is 12.6. The largest absolute Gasteiger partial charge is 0.380 e. The van der Waals surface area contributed by atoms with E-state index in [0.29, 0.717) is 0 Å². The van der Waals surface area contributed by atoms with Crippen molar-refractivity contribution in [1.29, 1.82) is 0 Å². The molecule has 0 fully saturated rings. The highest BCUT2D eigenvalue weighted by molar-refractivity contribution is 6.33. The number of anilines is 1. The van der Waals surface area contributed by atoms with Crippen LogP contribution in [0.25, 0.3) is 22.7 Å². The van der Waals surface area contributed by atoms with Crippen molar-refractivity contribution in [2.24, 2.45) is 0 Å². The molecule has 5 nitrogen and oxygen atoms in total. The molecule has 100 valence electrons. The Morgan fingerprint density at radius 1 is 1.10 bits per heavy atom. The molecule has 0 radical (unpaired) electrons. The summed E-state index contributed by atoms with van der Waals surface area (Å²) in [7, 11) is 0. The molecule has 2 aromatic heterocycles. The van der Waals surface area contributed by atoms with Crippen molar-refractivity contribution in [3.8, 4) is 22.7 Å². The maximum atomic E-state index is 14.0. The summed E-state index contributed by atoms with van der Waals surface area (Å²) in [5.41, 5.74) is 6.13. The van der Waals surface area contributed by atoms with E-state index < -0.39 is 5.82 Å². The lowest BCUT2D eigenvalue weighted by Crippen LogP contribution is -1.94. The Hall–Kier alpha value is -2.47. The van der Waals surface area contributed by atoms with Gasteiger partial charge in [-0.1, -0.05) is 22.8 Å². The van der Waals surface area contributed by atoms with E-state index in [1.54, 1.807) is 12.1 Å². The van der Waals surface area contributed by atoms with Crippen molar-refractivity contribution < 1.29 is 8.91 Å². The van der Waals surface area contributed by atoms with Gasteiger partial charge in [0.25, 0.3) is 0 Å². The fourth-order valence-electron chi connectivity index (χ4n) is 1.85. The molecule has 0 saturated heterocycles. The average Bonchev–Trinajstić information content (AvgIpc) is 2.82. The molecule has 0 unspecified atom stereocenters. The molecule has 1 aromatic carbocycles. The third kappa shape index (κ3) is 2.00. The molecule has 0 spiro atoms. The molecule has 2 N–H and O–H groups in total. The molecule has 3 aromatic rings. The van der Waals surface area contributed by atoms with E-state index in [1.807, 2.05) is 0 Å². The van der Waals surface area contributed by atoms with E-state index in [4.69, 9.17) is 21.9 Å². The van der Waals surface area contributed by atoms with Crippen molar-refractivity contribution in [2.75, 3.05) is 5.73 Å². The van der Waals surface area contributed by atoms with Gasteiger partial charge in [0.2, 0.25) is 5.76 Å². The zero-order valence-corrected chi connectivity index (χ0v) is 10.8. The van der Waals surface area contributed by atoms with Gasteiger partial charge in [-0.3, -0.25) is 0 Å². The van der Waals surface area contributed by atoms with Crippen LogP contribution in [-0.2, 0) is 0 Å². The van der Waals surface area contributed by atoms with Crippen LogP contribution in [0.15, 0.2) is 41.2 Å². The summed E-state index contributed by atoms with van der Waals surface area (Å²) in [6.45, 7) is 0. The molecule has 0 aliphatic heterocycles. The lowest BCUT2D eigenvalue weighted by atomic mass is 10.0. The summed E-state index contributed by atoms with van der Waals surface area (Å²) in [4.78, 5) is 8.08. The predicted molar refractivity (Wildman–Crippen MR) is 72.3 cm³/mol. The van der Waals surface area contributed by atoms with Gasteiger partial charge in [-0.2, -0.15) is 0 Å². The number of nitrogens with two attached hydrogens (primary N) is 1. The maximum absolute atomic E-state index is 14.0. The third-order valence-corrected chi connectivity index (χ3v) is 3.02. The first-order valence-corrected chi connectivity index (χ1v) is 6.03. The van der Waals surface area contributed by atoms with Crippen LogP contribution in [0.4, 0.5) is 10.2 Å². The van der Waals surface area contributed by atoms with Crippen molar-refractivity contribution in [3.63, 3.8) is 0 Å². The van der Waals surface area contributed by atoms with E-state index in [-0.39, 0.29) is 33.6 Å². The second-order valence-corrected chi connectivity index (χ2v) is 4.35. The van der Waals surface area contributed by atoms with Gasteiger partial charge in [0, 0.05) is 18.0 Å². The summed E-state index contributed by atoms with van der Waals surface area (Å²) < 4.78 is 19.2. The van der Waals surface area contributed by atoms with Crippen LogP contribution in [0.3, 0.4) is 0 Å². The van der Waals surface area contributed by atoms with Gasteiger partial charge in [-0.25, -0.2) is 14.4 Å². The number of rotatable bonds is 2. The zero-order chi connectivity index (χ0) is 14.1. The Morgan fingerprint density at radius 2 is 1.85 bits per heavy atom. The Bertz CT molecular complexity index is 740. The summed E-state index contributed by atoms with van der Waals surface area (Å²) in [6, 6.07) is 5.99. The van der Waals surface area contributed by atoms with Crippen molar-refractivity contribution in [3.05, 3.63) is 47.5 Å². The van der Waals surface area contributed by atoms with E-state index in [0.717, 1.165) is 0 Å². The Morgan fingerprint density at radius 3 is 2.55 bits per heavy atom. The number of halogens is 2. The lowest BCUT2D eigenvalue weighted by molar-refractivity contribution is 0.433. The van der Waals surface area contributed by atoms with Gasteiger partial charge in [-0.15, -0.1) is 0 Å². The number of nitrogens with zero attached hydrogens (tertiary/aromatic N) is 3. The van der Waals surface area contributed by atoms with Crippen LogP contribution in [0.5, 0.6) is 0 Å². The van der Waals surface area contributed by atoms with Crippen LogP contribution >= 0.6 is 11.6 Å². The number of benzene rings is 1. The Labute approximate surface area is 118 Å². The van der Waals surface area contributed by atoms with Crippen LogP contribution in [-0.4, -0.2) is 15.1 Å². The van der Waals surface area contributed by atoms with Crippen molar-refractivity contribution in [1.82, 2.24) is 15.1 Å². The molecule has 20 heavy (non-hydrogen) atoms. The first-order chi connectivity index (χ1) is 9.68. The summed E-state index contributed by atoms with van der Waals surface area (Å²) >= 11 is 6.05. The highest BCUT2D eigenvalue weighted by atomic mass is 35.5. The lowest BCUT2D eigenvalue weighted by Gasteiger charge is -2.05. The molecule has 0 aliphatic carbocycles. The second-order valence-electron chi connectivity index (χ2n) is 3.94. The smallest absolute Gasteiger partial charge is 0.214 e.